The monoisotopic (exact) mass is 291 g/mol. The van der Waals surface area contributed by atoms with E-state index in [0.717, 1.165) is 0 Å². The SMILES string of the molecule is CC(C)CNC(=O)c1ccccc1NC(=O)CNC(C)C. The van der Waals surface area contributed by atoms with E-state index in [1.807, 2.05) is 27.7 Å². The first kappa shape index (κ1) is 17.2. The van der Waals surface area contributed by atoms with Crippen LogP contribution in [0.3, 0.4) is 0 Å². The fraction of sp³-hybridized carbons (Fsp3) is 0.500. The van der Waals surface area contributed by atoms with E-state index in [1.54, 1.807) is 24.3 Å². The van der Waals surface area contributed by atoms with Gasteiger partial charge in [0.2, 0.25) is 5.91 Å². The van der Waals surface area contributed by atoms with Gasteiger partial charge in [0.1, 0.15) is 0 Å². The van der Waals surface area contributed by atoms with Gasteiger partial charge >= 0.3 is 0 Å². The van der Waals surface area contributed by atoms with Crippen LogP contribution in [0.1, 0.15) is 38.1 Å². The lowest BCUT2D eigenvalue weighted by Crippen LogP contribution is -2.33. The molecular formula is C16H25N3O2. The van der Waals surface area contributed by atoms with Gasteiger partial charge in [-0.2, -0.15) is 0 Å². The van der Waals surface area contributed by atoms with Gasteiger partial charge in [0.15, 0.2) is 0 Å². The summed E-state index contributed by atoms with van der Waals surface area (Å²) in [5.74, 6) is 0.0511. The van der Waals surface area contributed by atoms with Crippen LogP contribution < -0.4 is 16.0 Å². The summed E-state index contributed by atoms with van der Waals surface area (Å²) in [6, 6.07) is 7.26. The second-order valence-corrected chi connectivity index (χ2v) is 5.73. The van der Waals surface area contributed by atoms with Crippen molar-refractivity contribution in [2.45, 2.75) is 33.7 Å². The zero-order valence-electron chi connectivity index (χ0n) is 13.2. The van der Waals surface area contributed by atoms with Gasteiger partial charge < -0.3 is 16.0 Å². The van der Waals surface area contributed by atoms with E-state index in [9.17, 15) is 9.59 Å². The topological polar surface area (TPSA) is 70.2 Å². The maximum absolute atomic E-state index is 12.1. The number of rotatable bonds is 7. The Morgan fingerprint density at radius 3 is 2.38 bits per heavy atom. The summed E-state index contributed by atoms with van der Waals surface area (Å²) in [5, 5.41) is 8.67. The molecule has 0 aromatic heterocycles. The van der Waals surface area contributed by atoms with Gasteiger partial charge in [0.05, 0.1) is 17.8 Å². The van der Waals surface area contributed by atoms with Crippen LogP contribution in [0.15, 0.2) is 24.3 Å². The van der Waals surface area contributed by atoms with Crippen LogP contribution in [0.2, 0.25) is 0 Å². The van der Waals surface area contributed by atoms with Crippen molar-refractivity contribution in [3.05, 3.63) is 29.8 Å². The van der Waals surface area contributed by atoms with Gasteiger partial charge in [0.25, 0.3) is 5.91 Å². The second kappa shape index (κ2) is 8.42. The third-order valence-corrected chi connectivity index (χ3v) is 2.79. The van der Waals surface area contributed by atoms with E-state index in [1.165, 1.54) is 0 Å². The van der Waals surface area contributed by atoms with E-state index in [2.05, 4.69) is 16.0 Å². The van der Waals surface area contributed by atoms with Gasteiger partial charge in [0, 0.05) is 12.6 Å². The maximum atomic E-state index is 12.1. The van der Waals surface area contributed by atoms with Crippen molar-refractivity contribution in [2.75, 3.05) is 18.4 Å². The van der Waals surface area contributed by atoms with Crippen LogP contribution in [-0.2, 0) is 4.79 Å². The molecule has 0 saturated carbocycles. The predicted molar refractivity (Wildman–Crippen MR) is 85.4 cm³/mol. The Kier molecular flexibility index (Phi) is 6.88. The van der Waals surface area contributed by atoms with Crippen LogP contribution in [0, 0.1) is 5.92 Å². The Balaban J connectivity index is 2.70. The quantitative estimate of drug-likeness (QED) is 0.719. The Bertz CT molecular complexity index is 484. The van der Waals surface area contributed by atoms with E-state index in [4.69, 9.17) is 0 Å². The van der Waals surface area contributed by atoms with Gasteiger partial charge in [-0.15, -0.1) is 0 Å². The van der Waals surface area contributed by atoms with Gasteiger partial charge in [-0.25, -0.2) is 0 Å². The fourth-order valence-electron chi connectivity index (χ4n) is 1.67. The molecule has 0 aliphatic carbocycles. The van der Waals surface area contributed by atoms with Crippen LogP contribution in [0.25, 0.3) is 0 Å². The molecule has 0 unspecified atom stereocenters. The average molecular weight is 291 g/mol. The van der Waals surface area contributed by atoms with Crippen molar-refractivity contribution in [1.29, 1.82) is 0 Å². The first-order chi connectivity index (χ1) is 9.90. The minimum Gasteiger partial charge on any atom is -0.352 e. The molecule has 116 valence electrons. The van der Waals surface area contributed by atoms with Gasteiger partial charge in [-0.05, 0) is 18.1 Å². The first-order valence-corrected chi connectivity index (χ1v) is 7.30. The highest BCUT2D eigenvalue weighted by Crippen LogP contribution is 2.14. The average Bonchev–Trinajstić information content (AvgIpc) is 2.43. The summed E-state index contributed by atoms with van der Waals surface area (Å²) < 4.78 is 0. The summed E-state index contributed by atoms with van der Waals surface area (Å²) in [5.41, 5.74) is 1.02. The van der Waals surface area contributed by atoms with Crippen molar-refractivity contribution in [1.82, 2.24) is 10.6 Å². The summed E-state index contributed by atoms with van der Waals surface area (Å²) in [6.45, 7) is 8.84. The standard InChI is InChI=1S/C16H25N3O2/c1-11(2)9-18-16(21)13-7-5-6-8-14(13)19-15(20)10-17-12(3)4/h5-8,11-12,17H,9-10H2,1-4H3,(H,18,21)(H,19,20). The van der Waals surface area contributed by atoms with E-state index < -0.39 is 0 Å². The highest BCUT2D eigenvalue weighted by molar-refractivity contribution is 6.04. The lowest BCUT2D eigenvalue weighted by atomic mass is 10.1. The van der Waals surface area contributed by atoms with E-state index >= 15 is 0 Å². The number of carbonyl (C=O) groups is 2. The van der Waals surface area contributed by atoms with Crippen molar-refractivity contribution < 1.29 is 9.59 Å². The zero-order valence-corrected chi connectivity index (χ0v) is 13.2. The Hall–Kier alpha value is -1.88. The first-order valence-electron chi connectivity index (χ1n) is 7.30. The number of nitrogens with one attached hydrogen (secondary N) is 3. The number of amides is 2. The minimum atomic E-state index is -0.170. The molecule has 0 bridgehead atoms. The molecule has 2 amide bonds. The second-order valence-electron chi connectivity index (χ2n) is 5.73. The molecule has 1 aromatic carbocycles. The third kappa shape index (κ3) is 6.40. The number of hydrogen-bond acceptors (Lipinski definition) is 3. The van der Waals surface area contributed by atoms with Crippen LogP contribution in [-0.4, -0.2) is 30.9 Å². The van der Waals surface area contributed by atoms with Crippen LogP contribution in [0.4, 0.5) is 5.69 Å². The molecule has 0 aliphatic heterocycles. The molecule has 0 aliphatic rings. The molecule has 3 N–H and O–H groups in total. The molecule has 21 heavy (non-hydrogen) atoms. The van der Waals surface area contributed by atoms with Gasteiger partial charge in [-0.3, -0.25) is 9.59 Å². The van der Waals surface area contributed by atoms with Crippen molar-refractivity contribution in [3.8, 4) is 0 Å². The summed E-state index contributed by atoms with van der Waals surface area (Å²) in [4.78, 5) is 24.0. The molecule has 0 radical (unpaired) electrons. The molecule has 0 saturated heterocycles. The number of hydrogen-bond donors (Lipinski definition) is 3. The predicted octanol–water partition coefficient (Wildman–Crippen LogP) is 2.01. The zero-order chi connectivity index (χ0) is 15.8. The molecule has 0 heterocycles. The highest BCUT2D eigenvalue weighted by atomic mass is 16.2. The lowest BCUT2D eigenvalue weighted by molar-refractivity contribution is -0.115. The molecule has 5 nitrogen and oxygen atoms in total. The molecule has 1 aromatic rings. The van der Waals surface area contributed by atoms with E-state index in [0.29, 0.717) is 23.7 Å². The van der Waals surface area contributed by atoms with Gasteiger partial charge in [-0.1, -0.05) is 39.8 Å². The number of anilines is 1. The van der Waals surface area contributed by atoms with Crippen LogP contribution in [0.5, 0.6) is 0 Å². The fourth-order valence-corrected chi connectivity index (χ4v) is 1.67. The van der Waals surface area contributed by atoms with Crippen molar-refractivity contribution in [3.63, 3.8) is 0 Å². The molecule has 0 spiro atoms. The summed E-state index contributed by atoms with van der Waals surface area (Å²) in [7, 11) is 0. The molecular weight excluding hydrogens is 266 g/mol. The van der Waals surface area contributed by atoms with Crippen LogP contribution >= 0.6 is 0 Å². The molecule has 0 atom stereocenters. The third-order valence-electron chi connectivity index (χ3n) is 2.79. The normalized spacial score (nSPS) is 10.8. The minimum absolute atomic E-state index is 0.159. The van der Waals surface area contributed by atoms with Crippen molar-refractivity contribution in [2.24, 2.45) is 5.92 Å². The summed E-state index contributed by atoms with van der Waals surface area (Å²) in [6.07, 6.45) is 0. The largest absolute Gasteiger partial charge is 0.352 e. The molecule has 1 rings (SSSR count). The molecule has 5 heteroatoms. The summed E-state index contributed by atoms with van der Waals surface area (Å²) >= 11 is 0. The highest BCUT2D eigenvalue weighted by Gasteiger charge is 2.13. The van der Waals surface area contributed by atoms with E-state index in [-0.39, 0.29) is 24.4 Å². The number of carbonyl (C=O) groups excluding carboxylic acids is 2. The smallest absolute Gasteiger partial charge is 0.253 e. The Morgan fingerprint density at radius 1 is 1.10 bits per heavy atom. The van der Waals surface area contributed by atoms with Crippen molar-refractivity contribution >= 4 is 17.5 Å². The Labute approximate surface area is 126 Å². The Morgan fingerprint density at radius 2 is 1.76 bits per heavy atom. The molecule has 0 fully saturated rings. The number of benzene rings is 1. The maximum Gasteiger partial charge on any atom is 0.253 e. The number of para-hydroxylation sites is 1. The lowest BCUT2D eigenvalue weighted by Gasteiger charge is -2.13.